The van der Waals surface area contributed by atoms with Crippen molar-refractivity contribution in [2.75, 3.05) is 13.2 Å². The number of alkyl halides is 6. The van der Waals surface area contributed by atoms with Gasteiger partial charge in [0.1, 0.15) is 29.5 Å². The SMILES string of the molecule is CCOc1ccc2nc(C(F)(F)F)c(O[C@@H]3C[C@H]4C(=O)N[C@]5(C(=O)NS(=O)(=O)C6CC6)C[C@H]5/C=C\CC[C@@H](C)C[C@@H](CC)[C@H](NC(=O)OC(C)(C)C(F)(F)F)C(=O)N4C3)nc2c1. The number of halogens is 6. The van der Waals surface area contributed by atoms with E-state index in [2.05, 4.69) is 25.3 Å². The number of allylic oxidation sites excluding steroid dienone is 1. The number of hydrogen-bond donors (Lipinski definition) is 3. The minimum Gasteiger partial charge on any atom is -0.494 e. The van der Waals surface area contributed by atoms with E-state index in [1.165, 1.54) is 18.2 Å². The Morgan fingerprint density at radius 3 is 2.35 bits per heavy atom. The summed E-state index contributed by atoms with van der Waals surface area (Å²) in [7, 11) is -4.09. The molecule has 342 valence electrons. The van der Waals surface area contributed by atoms with Crippen molar-refractivity contribution >= 4 is 44.9 Å². The van der Waals surface area contributed by atoms with Crippen LogP contribution in [0.5, 0.6) is 11.6 Å². The van der Waals surface area contributed by atoms with Gasteiger partial charge in [-0.15, -0.1) is 0 Å². The summed E-state index contributed by atoms with van der Waals surface area (Å²) in [4.78, 5) is 65.2. The second-order valence-electron chi connectivity index (χ2n) is 16.9. The first kappa shape index (κ1) is 46.6. The molecule has 2 saturated carbocycles. The molecule has 3 heterocycles. The van der Waals surface area contributed by atoms with Gasteiger partial charge in [-0.3, -0.25) is 19.1 Å². The highest BCUT2D eigenvalue weighted by Gasteiger charge is 2.62. The van der Waals surface area contributed by atoms with Gasteiger partial charge in [0.2, 0.25) is 39.0 Å². The fraction of sp³-hybridized carbons (Fsp3) is 0.650. The fourth-order valence-corrected chi connectivity index (χ4v) is 9.23. The largest absolute Gasteiger partial charge is 0.494 e. The lowest BCUT2D eigenvalue weighted by molar-refractivity contribution is -0.244. The van der Waals surface area contributed by atoms with E-state index in [0.717, 1.165) is 4.90 Å². The monoisotopic (exact) mass is 904 g/mol. The normalized spacial score (nSPS) is 28.1. The van der Waals surface area contributed by atoms with E-state index in [1.54, 1.807) is 26.0 Å². The minimum absolute atomic E-state index is 0.0221. The summed E-state index contributed by atoms with van der Waals surface area (Å²) in [6, 6.07) is 0.803. The highest BCUT2D eigenvalue weighted by atomic mass is 32.2. The lowest BCUT2D eigenvalue weighted by atomic mass is 9.85. The predicted octanol–water partition coefficient (Wildman–Crippen LogP) is 5.72. The molecular formula is C40H50F6N6O9S. The first-order chi connectivity index (χ1) is 28.9. The van der Waals surface area contributed by atoms with Crippen LogP contribution in [0.15, 0.2) is 30.4 Å². The molecule has 62 heavy (non-hydrogen) atoms. The molecule has 7 atom stereocenters. The molecule has 2 aliphatic heterocycles. The van der Waals surface area contributed by atoms with Crippen LogP contribution in [0.1, 0.15) is 91.7 Å². The van der Waals surface area contributed by atoms with Crippen LogP contribution in [0.25, 0.3) is 11.0 Å². The summed E-state index contributed by atoms with van der Waals surface area (Å²) in [5, 5.41) is 4.15. The molecule has 4 aliphatic rings. The van der Waals surface area contributed by atoms with Crippen molar-refractivity contribution < 1.29 is 68.1 Å². The van der Waals surface area contributed by atoms with Gasteiger partial charge < -0.3 is 29.7 Å². The molecule has 15 nitrogen and oxygen atoms in total. The Balaban J connectivity index is 1.40. The van der Waals surface area contributed by atoms with Crippen LogP contribution < -0.4 is 24.8 Å². The number of carbonyl (C=O) groups is 4. The average molecular weight is 905 g/mol. The number of ether oxygens (including phenoxy) is 3. The number of carbonyl (C=O) groups excluding carboxylic acids is 4. The number of aromatic nitrogens is 2. The fourth-order valence-electron chi connectivity index (χ4n) is 7.86. The van der Waals surface area contributed by atoms with Crippen LogP contribution in [-0.2, 0) is 35.3 Å². The number of alkyl carbamates (subject to hydrolysis) is 1. The van der Waals surface area contributed by atoms with E-state index < -0.39 is 117 Å². The van der Waals surface area contributed by atoms with Gasteiger partial charge in [-0.05, 0) is 83.3 Å². The van der Waals surface area contributed by atoms with Crippen LogP contribution in [-0.4, -0.2) is 101 Å². The van der Waals surface area contributed by atoms with Gasteiger partial charge in [0.25, 0.3) is 5.91 Å². The average Bonchev–Trinajstić information content (AvgIpc) is 4.10. The zero-order valence-corrected chi connectivity index (χ0v) is 35.5. The Morgan fingerprint density at radius 2 is 1.73 bits per heavy atom. The first-order valence-corrected chi connectivity index (χ1v) is 22.0. The van der Waals surface area contributed by atoms with Gasteiger partial charge in [-0.2, -0.15) is 26.3 Å². The van der Waals surface area contributed by atoms with Gasteiger partial charge >= 0.3 is 18.4 Å². The molecule has 0 bridgehead atoms. The molecule has 0 radical (unpaired) electrons. The zero-order valence-electron chi connectivity index (χ0n) is 34.7. The molecule has 2 aliphatic carbocycles. The van der Waals surface area contributed by atoms with E-state index in [9.17, 15) is 53.9 Å². The molecule has 1 aromatic carbocycles. The van der Waals surface area contributed by atoms with Crippen molar-refractivity contribution in [3.8, 4) is 11.6 Å². The molecule has 22 heteroatoms. The number of benzene rings is 1. The van der Waals surface area contributed by atoms with Crippen molar-refractivity contribution in [2.45, 2.75) is 133 Å². The van der Waals surface area contributed by atoms with Crippen LogP contribution in [0.3, 0.4) is 0 Å². The molecule has 3 N–H and O–H groups in total. The van der Waals surface area contributed by atoms with Gasteiger partial charge in [-0.1, -0.05) is 32.4 Å². The highest BCUT2D eigenvalue weighted by molar-refractivity contribution is 7.91. The third-order valence-electron chi connectivity index (χ3n) is 11.7. The predicted molar refractivity (Wildman–Crippen MR) is 209 cm³/mol. The molecule has 0 unspecified atom stereocenters. The van der Waals surface area contributed by atoms with Crippen molar-refractivity contribution in [1.82, 2.24) is 30.2 Å². The maximum absolute atomic E-state index is 14.9. The van der Waals surface area contributed by atoms with Crippen LogP contribution in [0.4, 0.5) is 31.1 Å². The highest BCUT2D eigenvalue weighted by Crippen LogP contribution is 2.46. The number of nitrogens with one attached hydrogen (secondary N) is 3. The number of sulfonamides is 1. The van der Waals surface area contributed by atoms with Gasteiger partial charge in [-0.25, -0.2) is 23.2 Å². The van der Waals surface area contributed by atoms with Crippen molar-refractivity contribution in [3.05, 3.63) is 36.0 Å². The van der Waals surface area contributed by atoms with Crippen molar-refractivity contribution in [3.63, 3.8) is 0 Å². The smallest absolute Gasteiger partial charge is 0.438 e. The van der Waals surface area contributed by atoms with Crippen molar-refractivity contribution in [2.24, 2.45) is 17.8 Å². The topological polar surface area (TPSA) is 195 Å². The number of amides is 4. The van der Waals surface area contributed by atoms with Crippen molar-refractivity contribution in [1.29, 1.82) is 0 Å². The standard InChI is InChI=1S/C40H50F6N6O9S/c1-6-22-16-21(3)10-8-9-11-23-19-38(23,35(55)51-62(57,58)26-13-14-26)50-32(53)29-18-25(20-52(29)34(54)30(22)49-36(56)61-37(4,5)40(44,45)46)60-33-31(39(41,42)43)47-27-15-12-24(59-7-2)17-28(27)48-33/h9,11-12,15,17,21-23,25-26,29-30H,6-8,10,13-14,16,18-20H2,1-5H3,(H,49,56)(H,50,53)(H,51,55)/b11-9-/t21-,22-,23-,25-,29+,30+,38-/m1/s1. The second kappa shape index (κ2) is 17.3. The van der Waals surface area contributed by atoms with E-state index >= 15 is 0 Å². The van der Waals surface area contributed by atoms with E-state index in [0.29, 0.717) is 39.5 Å². The third kappa shape index (κ3) is 10.1. The molecule has 3 fully saturated rings. The second-order valence-corrected chi connectivity index (χ2v) is 18.9. The zero-order chi connectivity index (χ0) is 45.6. The third-order valence-corrected chi connectivity index (χ3v) is 13.6. The molecule has 0 spiro atoms. The molecule has 6 rings (SSSR count). The Morgan fingerprint density at radius 1 is 1.02 bits per heavy atom. The number of nitrogens with zero attached hydrogens (tertiary/aromatic N) is 3. The summed E-state index contributed by atoms with van der Waals surface area (Å²) in [5.41, 5.74) is -6.47. The Bertz CT molecular complexity index is 2200. The lowest BCUT2D eigenvalue weighted by Gasteiger charge is -2.35. The van der Waals surface area contributed by atoms with Gasteiger partial charge in [0.05, 0.1) is 29.4 Å². The summed E-state index contributed by atoms with van der Waals surface area (Å²) in [6.45, 7) is 6.14. The van der Waals surface area contributed by atoms with E-state index in [-0.39, 0.29) is 48.6 Å². The Hall–Kier alpha value is -4.89. The van der Waals surface area contributed by atoms with Crippen LogP contribution >= 0.6 is 0 Å². The molecule has 1 aromatic heterocycles. The van der Waals surface area contributed by atoms with Gasteiger partial charge in [0, 0.05) is 18.4 Å². The molecule has 1 saturated heterocycles. The summed E-state index contributed by atoms with van der Waals surface area (Å²) in [6.07, 6.45) is -8.03. The van der Waals surface area contributed by atoms with E-state index in [4.69, 9.17) is 14.2 Å². The number of rotatable bonds is 10. The van der Waals surface area contributed by atoms with Gasteiger partial charge in [0.15, 0.2) is 0 Å². The summed E-state index contributed by atoms with van der Waals surface area (Å²) >= 11 is 0. The Labute approximate surface area is 354 Å². The maximum Gasteiger partial charge on any atom is 0.438 e. The van der Waals surface area contributed by atoms with Crippen LogP contribution in [0, 0.1) is 17.8 Å². The summed E-state index contributed by atoms with van der Waals surface area (Å²) < 4.78 is 129. The first-order valence-electron chi connectivity index (χ1n) is 20.5. The van der Waals surface area contributed by atoms with Crippen LogP contribution in [0.2, 0.25) is 0 Å². The summed E-state index contributed by atoms with van der Waals surface area (Å²) in [5.74, 6) is -5.29. The van der Waals surface area contributed by atoms with E-state index in [1.807, 2.05) is 6.92 Å². The molecule has 4 amide bonds. The maximum atomic E-state index is 14.9. The Kier molecular flexibility index (Phi) is 13.0. The lowest BCUT2D eigenvalue weighted by Crippen LogP contribution is -2.59. The number of fused-ring (bicyclic) bond motifs is 3. The molecular weight excluding hydrogens is 855 g/mol. The quantitative estimate of drug-likeness (QED) is 0.195. The molecule has 2 aromatic rings. The number of hydrogen-bond acceptors (Lipinski definition) is 11. The minimum atomic E-state index is -5.09.